The van der Waals surface area contributed by atoms with Gasteiger partial charge in [0.2, 0.25) is 5.91 Å². The normalized spacial score (nSPS) is 28.4. The van der Waals surface area contributed by atoms with E-state index in [0.29, 0.717) is 6.54 Å². The van der Waals surface area contributed by atoms with Crippen LogP contribution in [0, 0.1) is 17.8 Å². The third kappa shape index (κ3) is 2.84. The van der Waals surface area contributed by atoms with E-state index in [1.807, 2.05) is 30.3 Å². The van der Waals surface area contributed by atoms with Crippen molar-refractivity contribution < 1.29 is 14.3 Å². The van der Waals surface area contributed by atoms with Crippen molar-refractivity contribution >= 4 is 12.0 Å². The van der Waals surface area contributed by atoms with Gasteiger partial charge in [0.1, 0.15) is 0 Å². The lowest BCUT2D eigenvalue weighted by atomic mass is 9.88. The third-order valence-electron chi connectivity index (χ3n) is 4.54. The predicted octanol–water partition coefficient (Wildman–Crippen LogP) is 1.85. The number of amides is 2. The fraction of sp³-hybridized carbons (Fsp3) is 0.412. The molecule has 0 aromatic heterocycles. The summed E-state index contributed by atoms with van der Waals surface area (Å²) in [7, 11) is 1.34. The summed E-state index contributed by atoms with van der Waals surface area (Å²) < 4.78 is 4.67. The van der Waals surface area contributed by atoms with Crippen molar-refractivity contribution in [3.8, 4) is 0 Å². The first-order chi connectivity index (χ1) is 10.7. The molecule has 4 unspecified atom stereocenters. The Morgan fingerprint density at radius 1 is 1.18 bits per heavy atom. The van der Waals surface area contributed by atoms with E-state index in [0.717, 1.165) is 12.0 Å². The molecule has 3 rings (SSSR count). The van der Waals surface area contributed by atoms with E-state index in [9.17, 15) is 9.59 Å². The Morgan fingerprint density at radius 3 is 2.64 bits per heavy atom. The number of carbonyl (C=O) groups is 2. The molecule has 2 aliphatic rings. The first kappa shape index (κ1) is 14.6. The average Bonchev–Trinajstić information content (AvgIpc) is 3.15. The number of rotatable bonds is 4. The molecule has 0 aliphatic heterocycles. The highest BCUT2D eigenvalue weighted by molar-refractivity contribution is 5.82. The van der Waals surface area contributed by atoms with Gasteiger partial charge in [0, 0.05) is 6.54 Å². The molecule has 0 radical (unpaired) electrons. The summed E-state index contributed by atoms with van der Waals surface area (Å²) in [5.74, 6) is 0.180. The molecule has 1 aromatic rings. The average molecular weight is 300 g/mol. The number of methoxy groups -OCH3 is 1. The van der Waals surface area contributed by atoms with Gasteiger partial charge in [0.25, 0.3) is 0 Å². The van der Waals surface area contributed by atoms with Gasteiger partial charge < -0.3 is 15.4 Å². The van der Waals surface area contributed by atoms with Gasteiger partial charge in [-0.05, 0) is 23.8 Å². The number of nitrogens with one attached hydrogen (secondary N) is 2. The van der Waals surface area contributed by atoms with Crippen LogP contribution in [0.5, 0.6) is 0 Å². The molecule has 0 heterocycles. The van der Waals surface area contributed by atoms with Crippen LogP contribution in [0.15, 0.2) is 42.5 Å². The molecule has 0 saturated heterocycles. The maximum atomic E-state index is 12.6. The minimum atomic E-state index is -0.480. The number of carbonyl (C=O) groups excluding carboxylic acids is 2. The Balaban J connectivity index is 1.65. The van der Waals surface area contributed by atoms with Crippen LogP contribution in [0.25, 0.3) is 0 Å². The fourth-order valence-electron chi connectivity index (χ4n) is 3.47. The number of hydrogen-bond donors (Lipinski definition) is 2. The molecule has 1 aromatic carbocycles. The molecule has 2 aliphatic carbocycles. The minimum absolute atomic E-state index is 0.0119. The molecule has 2 amide bonds. The zero-order valence-corrected chi connectivity index (χ0v) is 12.5. The van der Waals surface area contributed by atoms with Crippen molar-refractivity contribution in [1.82, 2.24) is 10.6 Å². The Bertz CT molecular complexity index is 585. The lowest BCUT2D eigenvalue weighted by Gasteiger charge is -2.27. The molecule has 0 spiro atoms. The molecular formula is C17H20N2O3. The monoisotopic (exact) mass is 300 g/mol. The van der Waals surface area contributed by atoms with Crippen molar-refractivity contribution in [3.63, 3.8) is 0 Å². The molecule has 22 heavy (non-hydrogen) atoms. The Hall–Kier alpha value is -2.30. The van der Waals surface area contributed by atoms with Crippen LogP contribution in [0.4, 0.5) is 4.79 Å². The van der Waals surface area contributed by atoms with Gasteiger partial charge in [-0.3, -0.25) is 4.79 Å². The Labute approximate surface area is 129 Å². The smallest absolute Gasteiger partial charge is 0.407 e. The van der Waals surface area contributed by atoms with Crippen LogP contribution < -0.4 is 10.6 Å². The molecule has 4 atom stereocenters. The maximum Gasteiger partial charge on any atom is 0.407 e. The van der Waals surface area contributed by atoms with Crippen LogP contribution >= 0.6 is 0 Å². The number of fused-ring (bicyclic) bond motifs is 2. The standard InChI is InChI=1S/C17H20N2O3/c1-22-17(21)19-15-13-8-7-12(9-13)14(15)16(20)18-10-11-5-3-2-4-6-11/h2-8,12-15H,9-10H2,1H3,(H,18,20)(H,19,21). The van der Waals surface area contributed by atoms with Crippen LogP contribution in [0.3, 0.4) is 0 Å². The molecule has 116 valence electrons. The van der Waals surface area contributed by atoms with E-state index in [-0.39, 0.29) is 29.7 Å². The quantitative estimate of drug-likeness (QED) is 0.834. The summed E-state index contributed by atoms with van der Waals surface area (Å²) >= 11 is 0. The number of benzene rings is 1. The molecular weight excluding hydrogens is 280 g/mol. The number of hydrogen-bond acceptors (Lipinski definition) is 3. The lowest BCUT2D eigenvalue weighted by molar-refractivity contribution is -0.126. The molecule has 1 saturated carbocycles. The van der Waals surface area contributed by atoms with Gasteiger partial charge in [-0.15, -0.1) is 0 Å². The van der Waals surface area contributed by atoms with Crippen molar-refractivity contribution in [1.29, 1.82) is 0 Å². The van der Waals surface area contributed by atoms with Crippen LogP contribution in [-0.4, -0.2) is 25.2 Å². The highest BCUT2D eigenvalue weighted by atomic mass is 16.5. The molecule has 2 N–H and O–H groups in total. The number of alkyl carbamates (subject to hydrolysis) is 1. The van der Waals surface area contributed by atoms with Gasteiger partial charge in [0.15, 0.2) is 0 Å². The lowest BCUT2D eigenvalue weighted by Crippen LogP contribution is -2.48. The number of ether oxygens (including phenoxy) is 1. The first-order valence-corrected chi connectivity index (χ1v) is 7.53. The predicted molar refractivity (Wildman–Crippen MR) is 81.8 cm³/mol. The van der Waals surface area contributed by atoms with E-state index >= 15 is 0 Å². The van der Waals surface area contributed by atoms with Gasteiger partial charge in [0.05, 0.1) is 19.1 Å². The first-order valence-electron chi connectivity index (χ1n) is 7.53. The topological polar surface area (TPSA) is 67.4 Å². The van der Waals surface area contributed by atoms with E-state index in [1.165, 1.54) is 7.11 Å². The summed E-state index contributed by atoms with van der Waals surface area (Å²) in [6, 6.07) is 9.61. The SMILES string of the molecule is COC(=O)NC1C2C=CC(C2)C1C(=O)NCc1ccccc1. The number of allylic oxidation sites excluding steroid dienone is 1. The Morgan fingerprint density at radius 2 is 1.91 bits per heavy atom. The summed E-state index contributed by atoms with van der Waals surface area (Å²) in [5.41, 5.74) is 1.06. The molecule has 1 fully saturated rings. The summed E-state index contributed by atoms with van der Waals surface area (Å²) in [5, 5.41) is 5.80. The van der Waals surface area contributed by atoms with Gasteiger partial charge in [-0.25, -0.2) is 4.79 Å². The van der Waals surface area contributed by atoms with Crippen molar-refractivity contribution in [2.24, 2.45) is 17.8 Å². The zero-order chi connectivity index (χ0) is 15.5. The Kier molecular flexibility index (Phi) is 4.13. The molecule has 5 nitrogen and oxygen atoms in total. The largest absolute Gasteiger partial charge is 0.453 e. The third-order valence-corrected chi connectivity index (χ3v) is 4.54. The second-order valence-corrected chi connectivity index (χ2v) is 5.84. The summed E-state index contributed by atoms with van der Waals surface area (Å²) in [6.07, 6.45) is 4.61. The second-order valence-electron chi connectivity index (χ2n) is 5.84. The van der Waals surface area contributed by atoms with Gasteiger partial charge >= 0.3 is 6.09 Å². The van der Waals surface area contributed by atoms with Crippen molar-refractivity contribution in [3.05, 3.63) is 48.0 Å². The zero-order valence-electron chi connectivity index (χ0n) is 12.5. The maximum absolute atomic E-state index is 12.6. The van der Waals surface area contributed by atoms with E-state index in [1.54, 1.807) is 0 Å². The second kappa shape index (κ2) is 6.22. The van der Waals surface area contributed by atoms with E-state index < -0.39 is 6.09 Å². The minimum Gasteiger partial charge on any atom is -0.453 e. The van der Waals surface area contributed by atoms with E-state index in [2.05, 4.69) is 27.5 Å². The fourth-order valence-corrected chi connectivity index (χ4v) is 3.47. The van der Waals surface area contributed by atoms with E-state index in [4.69, 9.17) is 0 Å². The van der Waals surface area contributed by atoms with Crippen LogP contribution in [-0.2, 0) is 16.1 Å². The van der Waals surface area contributed by atoms with Gasteiger partial charge in [-0.1, -0.05) is 42.5 Å². The highest BCUT2D eigenvalue weighted by Crippen LogP contribution is 2.43. The summed E-state index contributed by atoms with van der Waals surface area (Å²) in [6.45, 7) is 0.502. The molecule has 2 bridgehead atoms. The summed E-state index contributed by atoms with van der Waals surface area (Å²) in [4.78, 5) is 24.1. The van der Waals surface area contributed by atoms with Crippen LogP contribution in [0.1, 0.15) is 12.0 Å². The highest BCUT2D eigenvalue weighted by Gasteiger charge is 2.48. The van der Waals surface area contributed by atoms with Crippen LogP contribution in [0.2, 0.25) is 0 Å². The van der Waals surface area contributed by atoms with Crippen molar-refractivity contribution in [2.45, 2.75) is 19.0 Å². The molecule has 5 heteroatoms. The van der Waals surface area contributed by atoms with Gasteiger partial charge in [-0.2, -0.15) is 0 Å². The van der Waals surface area contributed by atoms with Crippen molar-refractivity contribution in [2.75, 3.05) is 7.11 Å².